The van der Waals surface area contributed by atoms with Crippen molar-refractivity contribution in [3.05, 3.63) is 29.5 Å². The van der Waals surface area contributed by atoms with Gasteiger partial charge in [-0.15, -0.1) is 0 Å². The first-order chi connectivity index (χ1) is 11.5. The van der Waals surface area contributed by atoms with Crippen LogP contribution in [0.25, 0.3) is 10.9 Å². The van der Waals surface area contributed by atoms with Crippen LogP contribution in [0.2, 0.25) is 5.02 Å². The molecule has 1 saturated heterocycles. The van der Waals surface area contributed by atoms with Crippen LogP contribution >= 0.6 is 11.6 Å². The molecule has 0 saturated carbocycles. The second kappa shape index (κ2) is 7.64. The van der Waals surface area contributed by atoms with Crippen molar-refractivity contribution < 1.29 is 0 Å². The highest BCUT2D eigenvalue weighted by Crippen LogP contribution is 2.23. The number of piperazine rings is 1. The molecule has 1 aromatic carbocycles. The third-order valence-corrected chi connectivity index (χ3v) is 5.09. The largest absolute Gasteiger partial charge is 0.368 e. The van der Waals surface area contributed by atoms with Gasteiger partial charge in [-0.05, 0) is 31.2 Å². The van der Waals surface area contributed by atoms with Gasteiger partial charge in [-0.1, -0.05) is 25.4 Å². The van der Waals surface area contributed by atoms with Crippen LogP contribution in [0.3, 0.4) is 0 Å². The second-order valence-electron chi connectivity index (χ2n) is 6.92. The molecule has 0 radical (unpaired) electrons. The van der Waals surface area contributed by atoms with Crippen molar-refractivity contribution in [3.8, 4) is 0 Å². The fourth-order valence-electron chi connectivity index (χ4n) is 3.31. The zero-order valence-corrected chi connectivity index (χ0v) is 15.4. The summed E-state index contributed by atoms with van der Waals surface area (Å²) in [6.45, 7) is 10.00. The maximum absolute atomic E-state index is 6.06. The molecule has 2 heterocycles. The van der Waals surface area contributed by atoms with Crippen molar-refractivity contribution >= 4 is 28.3 Å². The Bertz CT molecular complexity index is 682. The van der Waals surface area contributed by atoms with E-state index in [1.807, 2.05) is 18.2 Å². The predicted octanol–water partition coefficient (Wildman–Crippen LogP) is 2.97. The van der Waals surface area contributed by atoms with Gasteiger partial charge in [0.2, 0.25) is 0 Å². The Morgan fingerprint density at radius 3 is 2.62 bits per heavy atom. The van der Waals surface area contributed by atoms with Crippen LogP contribution in [0.5, 0.6) is 0 Å². The van der Waals surface area contributed by atoms with E-state index in [4.69, 9.17) is 11.6 Å². The van der Waals surface area contributed by atoms with E-state index in [0.29, 0.717) is 17.0 Å². The summed E-state index contributed by atoms with van der Waals surface area (Å²) in [4.78, 5) is 13.7. The fraction of sp³-hybridized carbons (Fsp3) is 0.556. The first-order valence-electron chi connectivity index (χ1n) is 8.61. The molecule has 0 amide bonds. The molecule has 0 spiro atoms. The van der Waals surface area contributed by atoms with E-state index in [1.165, 1.54) is 0 Å². The standard InChI is InChI=1S/C18H26ClN5/c1-13(2)17(24-8-6-23(3)7-9-24)11-20-18-15-5-4-14(19)10-16(15)21-12-22-18/h4-5,10,12-13,17H,6-9,11H2,1-3H3,(H,20,21,22). The average Bonchev–Trinajstić information content (AvgIpc) is 2.56. The smallest absolute Gasteiger partial charge is 0.137 e. The van der Waals surface area contributed by atoms with Gasteiger partial charge in [0.25, 0.3) is 0 Å². The lowest BCUT2D eigenvalue weighted by Gasteiger charge is -2.40. The minimum Gasteiger partial charge on any atom is -0.368 e. The van der Waals surface area contributed by atoms with Gasteiger partial charge in [0, 0.05) is 49.2 Å². The Kier molecular flexibility index (Phi) is 5.54. The third kappa shape index (κ3) is 3.97. The summed E-state index contributed by atoms with van der Waals surface area (Å²) in [5.74, 6) is 1.47. The molecule has 6 heteroatoms. The van der Waals surface area contributed by atoms with Crippen molar-refractivity contribution in [1.29, 1.82) is 0 Å². The SMILES string of the molecule is CC(C)C(CNc1ncnc2cc(Cl)ccc12)N1CCN(C)CC1. The highest BCUT2D eigenvalue weighted by Gasteiger charge is 2.25. The second-order valence-corrected chi connectivity index (χ2v) is 7.35. The summed E-state index contributed by atoms with van der Waals surface area (Å²) in [5.41, 5.74) is 0.876. The minimum atomic E-state index is 0.496. The van der Waals surface area contributed by atoms with Crippen LogP contribution in [-0.2, 0) is 0 Å². The van der Waals surface area contributed by atoms with Crippen molar-refractivity contribution in [1.82, 2.24) is 19.8 Å². The normalized spacial score (nSPS) is 18.2. The van der Waals surface area contributed by atoms with Crippen molar-refractivity contribution in [2.45, 2.75) is 19.9 Å². The number of rotatable bonds is 5. The molecule has 1 N–H and O–H groups in total. The van der Waals surface area contributed by atoms with E-state index >= 15 is 0 Å². The summed E-state index contributed by atoms with van der Waals surface area (Å²) < 4.78 is 0. The van der Waals surface area contributed by atoms with Crippen molar-refractivity contribution in [3.63, 3.8) is 0 Å². The van der Waals surface area contributed by atoms with Crippen LogP contribution in [0.4, 0.5) is 5.82 Å². The molecule has 1 atom stereocenters. The third-order valence-electron chi connectivity index (χ3n) is 4.85. The quantitative estimate of drug-likeness (QED) is 0.900. The van der Waals surface area contributed by atoms with Gasteiger partial charge in [-0.25, -0.2) is 9.97 Å². The number of halogens is 1. The molecule has 1 aromatic heterocycles. The van der Waals surface area contributed by atoms with Crippen LogP contribution in [0.1, 0.15) is 13.8 Å². The highest BCUT2D eigenvalue weighted by molar-refractivity contribution is 6.31. The van der Waals surface area contributed by atoms with E-state index < -0.39 is 0 Å². The molecule has 1 aliphatic heterocycles. The van der Waals surface area contributed by atoms with Crippen molar-refractivity contribution in [2.24, 2.45) is 5.92 Å². The zero-order chi connectivity index (χ0) is 17.1. The number of anilines is 1. The summed E-state index contributed by atoms with van der Waals surface area (Å²) in [5, 5.41) is 5.26. The number of likely N-dealkylation sites (N-methyl/N-ethyl adjacent to an activating group) is 1. The Morgan fingerprint density at radius 1 is 1.17 bits per heavy atom. The van der Waals surface area contributed by atoms with Gasteiger partial charge in [-0.3, -0.25) is 4.90 Å². The molecule has 5 nitrogen and oxygen atoms in total. The van der Waals surface area contributed by atoms with Gasteiger partial charge >= 0.3 is 0 Å². The molecule has 1 fully saturated rings. The molecule has 3 rings (SSSR count). The van der Waals surface area contributed by atoms with Crippen LogP contribution < -0.4 is 5.32 Å². The average molecular weight is 348 g/mol. The minimum absolute atomic E-state index is 0.496. The topological polar surface area (TPSA) is 44.3 Å². The van der Waals surface area contributed by atoms with Gasteiger partial charge < -0.3 is 10.2 Å². The molecule has 2 aromatic rings. The zero-order valence-electron chi connectivity index (χ0n) is 14.7. The Balaban J connectivity index is 1.73. The summed E-state index contributed by atoms with van der Waals surface area (Å²) in [6, 6.07) is 6.25. The highest BCUT2D eigenvalue weighted by atomic mass is 35.5. The van der Waals surface area contributed by atoms with E-state index in [0.717, 1.165) is 49.4 Å². The number of aromatic nitrogens is 2. The lowest BCUT2D eigenvalue weighted by Crippen LogP contribution is -2.52. The van der Waals surface area contributed by atoms with Crippen LogP contribution in [0, 0.1) is 5.92 Å². The van der Waals surface area contributed by atoms with Crippen molar-refractivity contribution in [2.75, 3.05) is 45.1 Å². The van der Waals surface area contributed by atoms with Gasteiger partial charge in [0.1, 0.15) is 12.1 Å². The summed E-state index contributed by atoms with van der Waals surface area (Å²) in [6.07, 6.45) is 1.60. The lowest BCUT2D eigenvalue weighted by molar-refractivity contribution is 0.0944. The Hall–Kier alpha value is -1.43. The maximum Gasteiger partial charge on any atom is 0.137 e. The summed E-state index contributed by atoms with van der Waals surface area (Å²) >= 11 is 6.06. The van der Waals surface area contributed by atoms with Crippen LogP contribution in [-0.4, -0.2) is 65.6 Å². The van der Waals surface area contributed by atoms with Gasteiger partial charge in [0.05, 0.1) is 5.52 Å². The first-order valence-corrected chi connectivity index (χ1v) is 8.99. The molecule has 24 heavy (non-hydrogen) atoms. The van der Waals surface area contributed by atoms with E-state index in [-0.39, 0.29) is 0 Å². The number of hydrogen-bond acceptors (Lipinski definition) is 5. The van der Waals surface area contributed by atoms with E-state index in [1.54, 1.807) is 6.33 Å². The van der Waals surface area contributed by atoms with E-state index in [9.17, 15) is 0 Å². The fourth-order valence-corrected chi connectivity index (χ4v) is 3.48. The molecule has 0 aliphatic carbocycles. The van der Waals surface area contributed by atoms with E-state index in [2.05, 4.69) is 46.0 Å². The molecular weight excluding hydrogens is 322 g/mol. The molecule has 1 aliphatic rings. The van der Waals surface area contributed by atoms with Crippen LogP contribution in [0.15, 0.2) is 24.5 Å². The van der Waals surface area contributed by atoms with Gasteiger partial charge in [-0.2, -0.15) is 0 Å². The predicted molar refractivity (Wildman–Crippen MR) is 101 cm³/mol. The molecular formula is C18H26ClN5. The molecule has 1 unspecified atom stereocenters. The lowest BCUT2D eigenvalue weighted by atomic mass is 10.0. The Morgan fingerprint density at radius 2 is 1.92 bits per heavy atom. The molecule has 0 bridgehead atoms. The summed E-state index contributed by atoms with van der Waals surface area (Å²) in [7, 11) is 2.19. The maximum atomic E-state index is 6.06. The Labute approximate surface area is 149 Å². The number of benzene rings is 1. The molecule has 130 valence electrons. The number of nitrogens with zero attached hydrogens (tertiary/aromatic N) is 4. The van der Waals surface area contributed by atoms with Gasteiger partial charge in [0.15, 0.2) is 0 Å². The number of fused-ring (bicyclic) bond motifs is 1. The first kappa shape index (κ1) is 17.4. The number of hydrogen-bond donors (Lipinski definition) is 1. The monoisotopic (exact) mass is 347 g/mol. The number of nitrogens with one attached hydrogen (secondary N) is 1.